The van der Waals surface area contributed by atoms with Crippen LogP contribution in [0.5, 0.6) is 5.75 Å². The molecule has 4 atom stereocenters. The van der Waals surface area contributed by atoms with Crippen molar-refractivity contribution in [2.75, 3.05) is 5.75 Å². The summed E-state index contributed by atoms with van der Waals surface area (Å²) in [4.78, 5) is 0. The van der Waals surface area contributed by atoms with E-state index in [-0.39, 0.29) is 11.5 Å². The van der Waals surface area contributed by atoms with Crippen molar-refractivity contribution in [1.82, 2.24) is 5.16 Å². The molecule has 0 amide bonds. The smallest absolute Gasteiger partial charge is 0.173 e. The van der Waals surface area contributed by atoms with Crippen LogP contribution in [0.25, 0.3) is 11.1 Å². The third kappa shape index (κ3) is 3.14. The van der Waals surface area contributed by atoms with Crippen LogP contribution in [-0.4, -0.2) is 50.0 Å². The predicted molar refractivity (Wildman–Crippen MR) is 86.3 cm³/mol. The lowest BCUT2D eigenvalue weighted by Gasteiger charge is -2.34. The highest BCUT2D eigenvalue weighted by Crippen LogP contribution is 2.38. The van der Waals surface area contributed by atoms with Gasteiger partial charge in [-0.25, -0.2) is 4.39 Å². The lowest BCUT2D eigenvalue weighted by atomic mass is 10.0. The molecular formula is C16H18FNO5S. The van der Waals surface area contributed by atoms with Gasteiger partial charge in [-0.3, -0.25) is 0 Å². The van der Waals surface area contributed by atoms with Crippen LogP contribution in [0, 0.1) is 19.7 Å². The third-order valence-electron chi connectivity index (χ3n) is 3.94. The molecule has 2 aromatic rings. The van der Waals surface area contributed by atoms with E-state index >= 15 is 0 Å². The number of benzene rings is 1. The van der Waals surface area contributed by atoms with E-state index in [1.54, 1.807) is 19.9 Å². The molecule has 6 nitrogen and oxygen atoms in total. The largest absolute Gasteiger partial charge is 0.476 e. The van der Waals surface area contributed by atoms with Crippen molar-refractivity contribution in [1.29, 1.82) is 0 Å². The molecule has 2 heterocycles. The Bertz CT molecular complexity index is 718. The second-order valence-corrected chi connectivity index (χ2v) is 6.84. The van der Waals surface area contributed by atoms with Crippen LogP contribution in [-0.2, 0) is 0 Å². The predicted octanol–water partition coefficient (Wildman–Crippen LogP) is 1.63. The maximum Gasteiger partial charge on any atom is 0.173 e. The zero-order chi connectivity index (χ0) is 17.4. The zero-order valence-electron chi connectivity index (χ0n) is 13.1. The van der Waals surface area contributed by atoms with Crippen LogP contribution < -0.4 is 4.74 Å². The molecule has 1 fully saturated rings. The molecule has 0 radical (unpaired) electrons. The molecular weight excluding hydrogens is 337 g/mol. The molecule has 1 aromatic carbocycles. The minimum atomic E-state index is -1.31. The van der Waals surface area contributed by atoms with Gasteiger partial charge in [-0.15, -0.1) is 11.8 Å². The number of hydrogen-bond acceptors (Lipinski definition) is 7. The van der Waals surface area contributed by atoms with Gasteiger partial charge >= 0.3 is 0 Å². The van der Waals surface area contributed by atoms with E-state index in [9.17, 15) is 19.7 Å². The Balaban J connectivity index is 1.95. The number of halogens is 1. The van der Waals surface area contributed by atoms with Crippen molar-refractivity contribution in [3.63, 3.8) is 0 Å². The normalized spacial score (nSPS) is 27.2. The summed E-state index contributed by atoms with van der Waals surface area (Å²) in [5, 5.41) is 33.4. The molecule has 3 N–H and O–H groups in total. The fourth-order valence-corrected chi connectivity index (χ4v) is 3.79. The van der Waals surface area contributed by atoms with Gasteiger partial charge in [0.2, 0.25) is 0 Å². The summed E-state index contributed by atoms with van der Waals surface area (Å²) in [6.45, 7) is 3.51. The number of aliphatic hydroxyl groups excluding tert-OH is 3. The number of nitrogens with zero attached hydrogens (tertiary/aromatic N) is 1. The first-order valence-corrected chi connectivity index (χ1v) is 8.48. The highest BCUT2D eigenvalue weighted by Gasteiger charge is 2.39. The molecule has 0 spiro atoms. The third-order valence-corrected chi connectivity index (χ3v) is 5.18. The highest BCUT2D eigenvalue weighted by molar-refractivity contribution is 7.99. The summed E-state index contributed by atoms with van der Waals surface area (Å²) >= 11 is 1.15. The maximum atomic E-state index is 13.7. The minimum Gasteiger partial charge on any atom is -0.476 e. The van der Waals surface area contributed by atoms with Crippen molar-refractivity contribution in [2.45, 2.75) is 37.6 Å². The Hall–Kier alpha value is -1.61. The second-order valence-electron chi connectivity index (χ2n) is 5.71. The lowest BCUT2D eigenvalue weighted by molar-refractivity contribution is -0.0785. The molecule has 0 unspecified atom stereocenters. The Morgan fingerprint density at radius 1 is 1.25 bits per heavy atom. The second kappa shape index (κ2) is 6.72. The van der Waals surface area contributed by atoms with Crippen molar-refractivity contribution < 1.29 is 29.0 Å². The van der Waals surface area contributed by atoms with Gasteiger partial charge in [-0.1, -0.05) is 5.16 Å². The Morgan fingerprint density at radius 2 is 2.00 bits per heavy atom. The summed E-state index contributed by atoms with van der Waals surface area (Å²) in [5.41, 5.74) is 1.09. The van der Waals surface area contributed by atoms with Gasteiger partial charge in [0.25, 0.3) is 0 Å². The lowest BCUT2D eigenvalue weighted by Crippen LogP contribution is -2.50. The molecule has 130 valence electrons. The van der Waals surface area contributed by atoms with Gasteiger partial charge in [0.15, 0.2) is 5.44 Å². The van der Waals surface area contributed by atoms with Crippen molar-refractivity contribution in [2.24, 2.45) is 0 Å². The number of aliphatic hydroxyl groups is 3. The van der Waals surface area contributed by atoms with Gasteiger partial charge in [-0.2, -0.15) is 0 Å². The van der Waals surface area contributed by atoms with E-state index in [2.05, 4.69) is 5.16 Å². The summed E-state index contributed by atoms with van der Waals surface area (Å²) in [6, 6.07) is 4.07. The van der Waals surface area contributed by atoms with E-state index < -0.39 is 29.6 Å². The van der Waals surface area contributed by atoms with Crippen molar-refractivity contribution in [3.8, 4) is 16.9 Å². The summed E-state index contributed by atoms with van der Waals surface area (Å²) < 4.78 is 24.6. The van der Waals surface area contributed by atoms with Crippen molar-refractivity contribution in [3.05, 3.63) is 35.5 Å². The van der Waals surface area contributed by atoms with E-state index in [0.717, 1.165) is 11.8 Å². The zero-order valence-corrected chi connectivity index (χ0v) is 14.0. The molecule has 8 heteroatoms. The standard InChI is InChI=1S/C16H18FNO5S/c1-7-13(8(2)23-18-7)10-4-3-9(17)5-12(10)22-16-15(21)14(20)11(19)6-24-16/h3-5,11,14-16,19-21H,6H2,1-2H3/t11-,14+,15-,16+/m1/s1. The Kier molecular flexibility index (Phi) is 4.82. The van der Waals surface area contributed by atoms with Crippen LogP contribution in [0.15, 0.2) is 22.7 Å². The fraction of sp³-hybridized carbons (Fsp3) is 0.438. The first kappa shape index (κ1) is 17.2. The number of hydrogen-bond donors (Lipinski definition) is 3. The van der Waals surface area contributed by atoms with E-state index in [1.165, 1.54) is 12.1 Å². The number of rotatable bonds is 3. The van der Waals surface area contributed by atoms with Crippen LogP contribution in [0.3, 0.4) is 0 Å². The van der Waals surface area contributed by atoms with E-state index in [1.807, 2.05) is 0 Å². The monoisotopic (exact) mass is 355 g/mol. The SMILES string of the molecule is Cc1noc(C)c1-c1ccc(F)cc1O[C@H]1SC[C@@H](O)[C@H](O)[C@H]1O. The average molecular weight is 355 g/mol. The number of aryl methyl sites for hydroxylation is 2. The number of ether oxygens (including phenoxy) is 1. The van der Waals surface area contributed by atoms with Gasteiger partial charge in [0.1, 0.15) is 29.5 Å². The molecule has 1 saturated heterocycles. The topological polar surface area (TPSA) is 96.0 Å². The van der Waals surface area contributed by atoms with Crippen LogP contribution in [0.4, 0.5) is 4.39 Å². The molecule has 1 aliphatic rings. The Labute approximate surface area is 142 Å². The van der Waals surface area contributed by atoms with Gasteiger partial charge < -0.3 is 24.6 Å². The molecule has 1 aliphatic heterocycles. The summed E-state index contributed by atoms with van der Waals surface area (Å²) in [7, 11) is 0. The average Bonchev–Trinajstić information content (AvgIpc) is 2.87. The first-order chi connectivity index (χ1) is 11.4. The highest BCUT2D eigenvalue weighted by atomic mass is 32.2. The number of aromatic nitrogens is 1. The molecule has 3 rings (SSSR count). The van der Waals surface area contributed by atoms with Gasteiger partial charge in [0.05, 0.1) is 17.4 Å². The van der Waals surface area contributed by atoms with Crippen LogP contribution in [0.2, 0.25) is 0 Å². The molecule has 1 aromatic heterocycles. The minimum absolute atomic E-state index is 0.207. The maximum absolute atomic E-state index is 13.7. The summed E-state index contributed by atoms with van der Waals surface area (Å²) in [6.07, 6.45) is -3.63. The molecule has 24 heavy (non-hydrogen) atoms. The molecule has 0 aliphatic carbocycles. The van der Waals surface area contributed by atoms with Gasteiger partial charge in [0, 0.05) is 17.4 Å². The van der Waals surface area contributed by atoms with Crippen molar-refractivity contribution >= 4 is 11.8 Å². The fourth-order valence-electron chi connectivity index (χ4n) is 2.68. The Morgan fingerprint density at radius 3 is 2.67 bits per heavy atom. The quantitative estimate of drug-likeness (QED) is 0.770. The molecule has 0 saturated carbocycles. The molecule has 0 bridgehead atoms. The number of thioether (sulfide) groups is 1. The van der Waals surface area contributed by atoms with E-state index in [0.29, 0.717) is 22.6 Å². The first-order valence-electron chi connectivity index (χ1n) is 7.43. The van der Waals surface area contributed by atoms with Crippen LogP contribution >= 0.6 is 11.8 Å². The van der Waals surface area contributed by atoms with Crippen LogP contribution in [0.1, 0.15) is 11.5 Å². The van der Waals surface area contributed by atoms with E-state index in [4.69, 9.17) is 9.26 Å². The summed E-state index contributed by atoms with van der Waals surface area (Å²) in [5.74, 6) is 0.496. The van der Waals surface area contributed by atoms with Gasteiger partial charge in [-0.05, 0) is 26.0 Å².